The second kappa shape index (κ2) is 4.78. The number of aromatic nitrogens is 1. The minimum Gasteiger partial charge on any atom is -0.362 e. The van der Waals surface area contributed by atoms with Gasteiger partial charge in [-0.2, -0.15) is 5.26 Å². The molecule has 1 fully saturated rings. The molecule has 2 rings (SSSR count). The lowest BCUT2D eigenvalue weighted by Crippen LogP contribution is -2.17. The van der Waals surface area contributed by atoms with Gasteiger partial charge in [-0.15, -0.1) is 0 Å². The summed E-state index contributed by atoms with van der Waals surface area (Å²) in [5, 5.41) is 22.9. The molecule has 1 N–H and O–H groups in total. The minimum atomic E-state index is -0.553. The SMILES string of the molecule is N#Cc1ccnc(NC2CCCC2)c1[N+](=O)[O-]. The highest BCUT2D eigenvalue weighted by atomic mass is 16.6. The van der Waals surface area contributed by atoms with Gasteiger partial charge < -0.3 is 5.32 Å². The van der Waals surface area contributed by atoms with E-state index in [-0.39, 0.29) is 23.1 Å². The average Bonchev–Trinajstić information content (AvgIpc) is 2.81. The quantitative estimate of drug-likeness (QED) is 0.637. The van der Waals surface area contributed by atoms with E-state index in [4.69, 9.17) is 5.26 Å². The van der Waals surface area contributed by atoms with Crippen LogP contribution in [-0.2, 0) is 0 Å². The van der Waals surface area contributed by atoms with Gasteiger partial charge >= 0.3 is 5.69 Å². The van der Waals surface area contributed by atoms with E-state index in [1.807, 2.05) is 6.07 Å². The van der Waals surface area contributed by atoms with Crippen molar-refractivity contribution in [3.05, 3.63) is 27.9 Å². The third-order valence-corrected chi connectivity index (χ3v) is 2.92. The Balaban J connectivity index is 2.32. The summed E-state index contributed by atoms with van der Waals surface area (Å²) in [7, 11) is 0. The van der Waals surface area contributed by atoms with Crippen molar-refractivity contribution in [2.45, 2.75) is 31.7 Å². The van der Waals surface area contributed by atoms with Crippen molar-refractivity contribution in [1.82, 2.24) is 4.98 Å². The van der Waals surface area contributed by atoms with Crippen LogP contribution in [0.4, 0.5) is 11.5 Å². The first kappa shape index (κ1) is 11.3. The van der Waals surface area contributed by atoms with E-state index in [1.54, 1.807) is 0 Å². The number of rotatable bonds is 3. The van der Waals surface area contributed by atoms with Crippen LogP contribution in [-0.4, -0.2) is 15.9 Å². The molecule has 0 radical (unpaired) electrons. The molecule has 0 amide bonds. The van der Waals surface area contributed by atoms with Crippen molar-refractivity contribution in [3.63, 3.8) is 0 Å². The van der Waals surface area contributed by atoms with Crippen LogP contribution in [0.15, 0.2) is 12.3 Å². The number of anilines is 1. The van der Waals surface area contributed by atoms with E-state index in [0.29, 0.717) is 0 Å². The lowest BCUT2D eigenvalue weighted by atomic mass is 10.2. The van der Waals surface area contributed by atoms with Crippen LogP contribution in [0.25, 0.3) is 0 Å². The maximum atomic E-state index is 10.9. The predicted molar refractivity (Wildman–Crippen MR) is 61.5 cm³/mol. The molecule has 17 heavy (non-hydrogen) atoms. The molecule has 0 spiro atoms. The van der Waals surface area contributed by atoms with Gasteiger partial charge in [0.1, 0.15) is 11.6 Å². The highest BCUT2D eigenvalue weighted by molar-refractivity contribution is 5.64. The Hall–Kier alpha value is -2.16. The smallest absolute Gasteiger partial charge is 0.328 e. The molecule has 0 unspecified atom stereocenters. The van der Waals surface area contributed by atoms with Crippen molar-refractivity contribution in [2.75, 3.05) is 5.32 Å². The van der Waals surface area contributed by atoms with Gasteiger partial charge in [-0.3, -0.25) is 10.1 Å². The third kappa shape index (κ3) is 2.33. The van der Waals surface area contributed by atoms with Gasteiger partial charge in [0, 0.05) is 12.2 Å². The van der Waals surface area contributed by atoms with Gasteiger partial charge in [-0.1, -0.05) is 12.8 Å². The summed E-state index contributed by atoms with van der Waals surface area (Å²) in [6, 6.07) is 3.41. The lowest BCUT2D eigenvalue weighted by Gasteiger charge is -2.12. The van der Waals surface area contributed by atoms with E-state index in [2.05, 4.69) is 10.3 Å². The first-order valence-corrected chi connectivity index (χ1v) is 5.52. The molecular weight excluding hydrogens is 220 g/mol. The first-order chi connectivity index (χ1) is 8.22. The second-order valence-electron chi connectivity index (χ2n) is 4.05. The van der Waals surface area contributed by atoms with Gasteiger partial charge in [-0.25, -0.2) is 4.98 Å². The summed E-state index contributed by atoms with van der Waals surface area (Å²) in [6.45, 7) is 0. The number of hydrogen-bond acceptors (Lipinski definition) is 5. The number of pyridine rings is 1. The van der Waals surface area contributed by atoms with Gasteiger partial charge in [0.2, 0.25) is 5.82 Å². The number of hydrogen-bond donors (Lipinski definition) is 1. The zero-order valence-corrected chi connectivity index (χ0v) is 9.22. The fourth-order valence-electron chi connectivity index (χ4n) is 2.10. The fraction of sp³-hybridized carbons (Fsp3) is 0.455. The molecule has 1 aliphatic rings. The highest BCUT2D eigenvalue weighted by Gasteiger charge is 2.24. The van der Waals surface area contributed by atoms with E-state index in [9.17, 15) is 10.1 Å². The van der Waals surface area contributed by atoms with Crippen molar-refractivity contribution in [1.29, 1.82) is 5.26 Å². The number of nitrogens with zero attached hydrogens (tertiary/aromatic N) is 3. The van der Waals surface area contributed by atoms with Crippen molar-refractivity contribution >= 4 is 11.5 Å². The molecule has 88 valence electrons. The maximum absolute atomic E-state index is 10.9. The summed E-state index contributed by atoms with van der Waals surface area (Å²) >= 11 is 0. The van der Waals surface area contributed by atoms with Gasteiger partial charge in [0.05, 0.1) is 4.92 Å². The summed E-state index contributed by atoms with van der Waals surface area (Å²) in [5.41, 5.74) is -0.174. The lowest BCUT2D eigenvalue weighted by molar-refractivity contribution is -0.384. The first-order valence-electron chi connectivity index (χ1n) is 5.52. The Labute approximate surface area is 98.4 Å². The van der Waals surface area contributed by atoms with E-state index in [1.165, 1.54) is 12.3 Å². The molecule has 1 saturated carbocycles. The Bertz CT molecular complexity index is 475. The summed E-state index contributed by atoms with van der Waals surface area (Å²) in [5.74, 6) is 0.209. The zero-order chi connectivity index (χ0) is 12.3. The molecule has 1 heterocycles. The Morgan fingerprint density at radius 3 is 2.82 bits per heavy atom. The Morgan fingerprint density at radius 1 is 1.53 bits per heavy atom. The minimum absolute atomic E-state index is 0.0468. The van der Waals surface area contributed by atoms with Crippen LogP contribution in [0, 0.1) is 21.4 Å². The second-order valence-corrected chi connectivity index (χ2v) is 4.05. The van der Waals surface area contributed by atoms with Crippen LogP contribution >= 0.6 is 0 Å². The van der Waals surface area contributed by atoms with E-state index in [0.717, 1.165) is 25.7 Å². The number of nitriles is 1. The predicted octanol–water partition coefficient (Wildman–Crippen LogP) is 2.22. The molecule has 0 bridgehead atoms. The Kier molecular flexibility index (Phi) is 3.19. The fourth-order valence-corrected chi connectivity index (χ4v) is 2.10. The highest BCUT2D eigenvalue weighted by Crippen LogP contribution is 2.29. The van der Waals surface area contributed by atoms with Crippen LogP contribution in [0.3, 0.4) is 0 Å². The average molecular weight is 232 g/mol. The van der Waals surface area contributed by atoms with Crippen molar-refractivity contribution in [3.8, 4) is 6.07 Å². The summed E-state index contributed by atoms with van der Waals surface area (Å²) < 4.78 is 0. The molecule has 1 aromatic heterocycles. The Morgan fingerprint density at radius 2 is 2.24 bits per heavy atom. The summed E-state index contributed by atoms with van der Waals surface area (Å²) in [4.78, 5) is 14.4. The standard InChI is InChI=1S/C11H12N4O2/c12-7-8-5-6-13-11(10(8)15(16)17)14-9-3-1-2-4-9/h5-6,9H,1-4H2,(H,13,14). The van der Waals surface area contributed by atoms with Gasteiger partial charge in [0.15, 0.2) is 0 Å². The molecule has 0 atom stereocenters. The van der Waals surface area contributed by atoms with Crippen molar-refractivity contribution in [2.24, 2.45) is 0 Å². The van der Waals surface area contributed by atoms with Gasteiger partial charge in [0.25, 0.3) is 0 Å². The molecule has 0 aliphatic heterocycles. The number of nitro groups is 1. The van der Waals surface area contributed by atoms with Crippen LogP contribution in [0.5, 0.6) is 0 Å². The summed E-state index contributed by atoms with van der Waals surface area (Å²) in [6.07, 6.45) is 5.67. The molecule has 0 saturated heterocycles. The molecule has 6 heteroatoms. The molecular formula is C11H12N4O2. The maximum Gasteiger partial charge on any atom is 0.328 e. The topological polar surface area (TPSA) is 91.8 Å². The van der Waals surface area contributed by atoms with Crippen LogP contribution < -0.4 is 5.32 Å². The molecule has 6 nitrogen and oxygen atoms in total. The molecule has 1 aliphatic carbocycles. The largest absolute Gasteiger partial charge is 0.362 e. The monoisotopic (exact) mass is 232 g/mol. The van der Waals surface area contributed by atoms with Crippen LogP contribution in [0.1, 0.15) is 31.2 Å². The molecule has 1 aromatic rings. The zero-order valence-electron chi connectivity index (χ0n) is 9.22. The normalized spacial score (nSPS) is 15.5. The van der Waals surface area contributed by atoms with E-state index < -0.39 is 4.92 Å². The van der Waals surface area contributed by atoms with Crippen molar-refractivity contribution < 1.29 is 4.92 Å². The van der Waals surface area contributed by atoms with E-state index >= 15 is 0 Å². The third-order valence-electron chi connectivity index (χ3n) is 2.92. The molecule has 0 aromatic carbocycles. The van der Waals surface area contributed by atoms with Crippen LogP contribution in [0.2, 0.25) is 0 Å². The van der Waals surface area contributed by atoms with Gasteiger partial charge in [-0.05, 0) is 18.9 Å². The number of nitrogens with one attached hydrogen (secondary N) is 1.